The standard InChI is InChI=1S/C16H21N3O2S2/c1-5-18-13-8-6-7-9-14(13)19(23(18,20)21)10-12-11-22-15(17-12)16(2,3)4/h6-9,11H,5,10H2,1-4H3. The second-order valence-corrected chi connectivity index (χ2v) is 9.20. The molecule has 0 N–H and O–H groups in total. The van der Waals surface area contributed by atoms with Gasteiger partial charge < -0.3 is 0 Å². The number of thiazole rings is 1. The molecule has 0 fully saturated rings. The number of anilines is 2. The first-order chi connectivity index (χ1) is 10.7. The normalized spacial score (nSPS) is 16.7. The molecule has 1 aliphatic heterocycles. The fourth-order valence-electron chi connectivity index (χ4n) is 2.62. The van der Waals surface area contributed by atoms with Crippen LogP contribution in [0.15, 0.2) is 29.6 Å². The maximum atomic E-state index is 12.8. The highest BCUT2D eigenvalue weighted by Crippen LogP contribution is 2.41. The van der Waals surface area contributed by atoms with Crippen molar-refractivity contribution in [3.8, 4) is 0 Å². The minimum atomic E-state index is -3.53. The Labute approximate surface area is 141 Å². The molecule has 5 nitrogen and oxygen atoms in total. The van der Waals surface area contributed by atoms with E-state index in [9.17, 15) is 8.42 Å². The molecular weight excluding hydrogens is 330 g/mol. The average molecular weight is 351 g/mol. The van der Waals surface area contributed by atoms with Gasteiger partial charge >= 0.3 is 10.2 Å². The summed E-state index contributed by atoms with van der Waals surface area (Å²) in [4.78, 5) is 4.63. The predicted octanol–water partition coefficient (Wildman–Crippen LogP) is 3.53. The van der Waals surface area contributed by atoms with Crippen molar-refractivity contribution in [2.75, 3.05) is 15.2 Å². The summed E-state index contributed by atoms with van der Waals surface area (Å²) in [6.07, 6.45) is 0. The van der Waals surface area contributed by atoms with Gasteiger partial charge in [0.05, 0.1) is 28.6 Å². The van der Waals surface area contributed by atoms with Crippen LogP contribution in [0.2, 0.25) is 0 Å². The molecule has 1 aromatic heterocycles. The molecule has 1 aliphatic rings. The molecule has 1 aromatic carbocycles. The van der Waals surface area contributed by atoms with E-state index in [-0.39, 0.29) is 12.0 Å². The maximum absolute atomic E-state index is 12.8. The van der Waals surface area contributed by atoms with Crippen molar-refractivity contribution in [3.05, 3.63) is 40.3 Å². The van der Waals surface area contributed by atoms with Crippen molar-refractivity contribution in [1.82, 2.24) is 4.98 Å². The van der Waals surface area contributed by atoms with Gasteiger partial charge in [0.1, 0.15) is 0 Å². The first-order valence-electron chi connectivity index (χ1n) is 7.59. The van der Waals surface area contributed by atoms with Crippen molar-refractivity contribution in [2.45, 2.75) is 39.7 Å². The van der Waals surface area contributed by atoms with Crippen LogP contribution in [0.4, 0.5) is 11.4 Å². The van der Waals surface area contributed by atoms with Crippen LogP contribution in [-0.4, -0.2) is 19.9 Å². The van der Waals surface area contributed by atoms with E-state index < -0.39 is 10.2 Å². The summed E-state index contributed by atoms with van der Waals surface area (Å²) >= 11 is 1.58. The van der Waals surface area contributed by atoms with Gasteiger partial charge in [-0.1, -0.05) is 32.9 Å². The highest BCUT2D eigenvalue weighted by molar-refractivity contribution is 7.94. The number of rotatable bonds is 3. The van der Waals surface area contributed by atoms with Crippen LogP contribution in [0.1, 0.15) is 38.4 Å². The Balaban J connectivity index is 1.98. The van der Waals surface area contributed by atoms with E-state index in [1.165, 1.54) is 8.61 Å². The minimum absolute atomic E-state index is 0.0276. The van der Waals surface area contributed by atoms with Crippen LogP contribution < -0.4 is 8.61 Å². The zero-order valence-electron chi connectivity index (χ0n) is 13.8. The molecule has 124 valence electrons. The number of benzene rings is 1. The third kappa shape index (κ3) is 2.72. The van der Waals surface area contributed by atoms with Gasteiger partial charge in [0.25, 0.3) is 0 Å². The predicted molar refractivity (Wildman–Crippen MR) is 95.4 cm³/mol. The highest BCUT2D eigenvalue weighted by atomic mass is 32.2. The van der Waals surface area contributed by atoms with Gasteiger partial charge in [0, 0.05) is 17.3 Å². The van der Waals surface area contributed by atoms with Gasteiger partial charge in [0.2, 0.25) is 0 Å². The Morgan fingerprint density at radius 1 is 1.13 bits per heavy atom. The number of hydrogen-bond donors (Lipinski definition) is 0. The van der Waals surface area contributed by atoms with Crippen LogP contribution in [-0.2, 0) is 22.2 Å². The lowest BCUT2D eigenvalue weighted by Gasteiger charge is -2.20. The summed E-state index contributed by atoms with van der Waals surface area (Å²) in [5.74, 6) is 0. The van der Waals surface area contributed by atoms with Crippen molar-refractivity contribution in [3.63, 3.8) is 0 Å². The second-order valence-electron chi connectivity index (χ2n) is 6.56. The number of aromatic nitrogens is 1. The molecule has 2 aromatic rings. The van der Waals surface area contributed by atoms with Crippen LogP contribution in [0.5, 0.6) is 0 Å². The molecule has 0 saturated heterocycles. The molecular formula is C16H21N3O2S2. The largest absolute Gasteiger partial charge is 0.326 e. The zero-order chi connectivity index (χ0) is 16.8. The summed E-state index contributed by atoms with van der Waals surface area (Å²) < 4.78 is 28.5. The molecule has 0 amide bonds. The summed E-state index contributed by atoms with van der Waals surface area (Å²) in [7, 11) is -3.53. The SMILES string of the molecule is CCN1c2ccccc2N(Cc2csc(C(C)(C)C)n2)S1(=O)=O. The smallest absolute Gasteiger partial charge is 0.251 e. The molecule has 0 radical (unpaired) electrons. The Hall–Kier alpha value is -1.60. The van der Waals surface area contributed by atoms with Gasteiger partial charge in [-0.15, -0.1) is 11.3 Å². The first-order valence-corrected chi connectivity index (χ1v) is 9.87. The van der Waals surface area contributed by atoms with Crippen molar-refractivity contribution < 1.29 is 8.42 Å². The molecule has 0 spiro atoms. The van der Waals surface area contributed by atoms with Crippen molar-refractivity contribution in [2.24, 2.45) is 0 Å². The third-order valence-electron chi connectivity index (χ3n) is 3.76. The summed E-state index contributed by atoms with van der Waals surface area (Å²) in [6.45, 7) is 8.85. The van der Waals surface area contributed by atoms with Crippen LogP contribution in [0, 0.1) is 0 Å². The van der Waals surface area contributed by atoms with E-state index in [2.05, 4.69) is 25.8 Å². The Morgan fingerprint density at radius 3 is 2.26 bits per heavy atom. The van der Waals surface area contributed by atoms with Crippen LogP contribution >= 0.6 is 11.3 Å². The molecule has 0 saturated carbocycles. The second kappa shape index (κ2) is 5.49. The summed E-state index contributed by atoms with van der Waals surface area (Å²) in [5.41, 5.74) is 2.22. The Morgan fingerprint density at radius 2 is 1.74 bits per heavy atom. The highest BCUT2D eigenvalue weighted by Gasteiger charge is 2.39. The summed E-state index contributed by atoms with van der Waals surface area (Å²) in [6, 6.07) is 7.42. The fourth-order valence-corrected chi connectivity index (χ4v) is 5.19. The summed E-state index contributed by atoms with van der Waals surface area (Å²) in [5, 5.41) is 2.97. The molecule has 2 heterocycles. The van der Waals surface area contributed by atoms with E-state index >= 15 is 0 Å². The monoisotopic (exact) mass is 351 g/mol. The minimum Gasteiger partial charge on any atom is -0.251 e. The lowest BCUT2D eigenvalue weighted by atomic mass is 9.98. The molecule has 3 rings (SSSR count). The van der Waals surface area contributed by atoms with Crippen LogP contribution in [0.25, 0.3) is 0 Å². The number of hydrogen-bond acceptors (Lipinski definition) is 4. The zero-order valence-corrected chi connectivity index (χ0v) is 15.4. The molecule has 0 unspecified atom stereocenters. The van der Waals surface area contributed by atoms with Gasteiger partial charge in [-0.2, -0.15) is 8.42 Å². The number of nitrogens with zero attached hydrogens (tertiary/aromatic N) is 3. The maximum Gasteiger partial charge on any atom is 0.326 e. The quantitative estimate of drug-likeness (QED) is 0.850. The topological polar surface area (TPSA) is 53.5 Å². The fraction of sp³-hybridized carbons (Fsp3) is 0.438. The van der Waals surface area contributed by atoms with E-state index in [0.29, 0.717) is 6.54 Å². The van der Waals surface area contributed by atoms with Crippen molar-refractivity contribution in [1.29, 1.82) is 0 Å². The van der Waals surface area contributed by atoms with Gasteiger partial charge in [-0.25, -0.2) is 9.29 Å². The molecule has 23 heavy (non-hydrogen) atoms. The molecule has 0 bridgehead atoms. The van der Waals surface area contributed by atoms with Gasteiger partial charge in [-0.3, -0.25) is 4.31 Å². The van der Waals surface area contributed by atoms with Gasteiger partial charge in [-0.05, 0) is 19.1 Å². The van der Waals surface area contributed by atoms with Crippen LogP contribution in [0.3, 0.4) is 0 Å². The average Bonchev–Trinajstić information content (AvgIpc) is 3.01. The molecule has 0 aliphatic carbocycles. The molecule has 0 atom stereocenters. The van der Waals surface area contributed by atoms with Crippen molar-refractivity contribution >= 4 is 32.9 Å². The lowest BCUT2D eigenvalue weighted by molar-refractivity contribution is 0.581. The van der Waals surface area contributed by atoms with E-state index in [0.717, 1.165) is 22.1 Å². The van der Waals surface area contributed by atoms with E-state index in [1.54, 1.807) is 11.3 Å². The Bertz CT molecular complexity index is 822. The van der Waals surface area contributed by atoms with E-state index in [4.69, 9.17) is 0 Å². The Kier molecular flexibility index (Phi) is 3.88. The third-order valence-corrected chi connectivity index (χ3v) is 6.97. The molecule has 7 heteroatoms. The lowest BCUT2D eigenvalue weighted by Crippen LogP contribution is -2.37. The number of fused-ring (bicyclic) bond motifs is 1. The first kappa shape index (κ1) is 16.3. The number of para-hydroxylation sites is 2. The van der Waals surface area contributed by atoms with Gasteiger partial charge in [0.15, 0.2) is 0 Å². The van der Waals surface area contributed by atoms with E-state index in [1.807, 2.05) is 36.6 Å².